The lowest BCUT2D eigenvalue weighted by Gasteiger charge is -2.27. The third-order valence-electron chi connectivity index (χ3n) is 3.80. The van der Waals surface area contributed by atoms with E-state index in [0.29, 0.717) is 0 Å². The number of nitrogens with one attached hydrogen (secondary N) is 1. The highest BCUT2D eigenvalue weighted by Crippen LogP contribution is 2.24. The SMILES string of the molecule is Cn1nc(Br)c2cc(CCN3CCNCC3)ccc21. The summed E-state index contributed by atoms with van der Waals surface area (Å²) >= 11 is 3.53. The van der Waals surface area contributed by atoms with E-state index in [1.54, 1.807) is 0 Å². The highest BCUT2D eigenvalue weighted by molar-refractivity contribution is 9.10. The van der Waals surface area contributed by atoms with E-state index in [1.807, 2.05) is 11.7 Å². The van der Waals surface area contributed by atoms with Gasteiger partial charge >= 0.3 is 0 Å². The van der Waals surface area contributed by atoms with Gasteiger partial charge in [-0.3, -0.25) is 4.68 Å². The first-order valence-corrected chi connectivity index (χ1v) is 7.57. The molecule has 0 saturated carbocycles. The Morgan fingerprint density at radius 3 is 2.89 bits per heavy atom. The first-order chi connectivity index (χ1) is 9.24. The predicted octanol–water partition coefficient (Wildman–Crippen LogP) is 1.78. The van der Waals surface area contributed by atoms with Crippen LogP contribution in [0.2, 0.25) is 0 Å². The lowest BCUT2D eigenvalue weighted by atomic mass is 10.1. The quantitative estimate of drug-likeness (QED) is 0.935. The maximum Gasteiger partial charge on any atom is 0.135 e. The Hall–Kier alpha value is -0.910. The summed E-state index contributed by atoms with van der Waals surface area (Å²) < 4.78 is 2.86. The number of aromatic nitrogens is 2. The van der Waals surface area contributed by atoms with E-state index in [-0.39, 0.29) is 0 Å². The van der Waals surface area contributed by atoms with Crippen LogP contribution in [0.5, 0.6) is 0 Å². The van der Waals surface area contributed by atoms with Crippen LogP contribution in [-0.4, -0.2) is 47.4 Å². The van der Waals surface area contributed by atoms with Gasteiger partial charge < -0.3 is 10.2 Å². The molecule has 2 aromatic rings. The number of benzene rings is 1. The molecular formula is C14H19BrN4. The zero-order valence-electron chi connectivity index (χ0n) is 11.2. The fourth-order valence-electron chi connectivity index (χ4n) is 2.65. The number of hydrogen-bond donors (Lipinski definition) is 1. The molecule has 102 valence electrons. The van der Waals surface area contributed by atoms with Crippen molar-refractivity contribution in [1.29, 1.82) is 0 Å². The van der Waals surface area contributed by atoms with Crippen LogP contribution >= 0.6 is 15.9 Å². The second-order valence-electron chi connectivity index (χ2n) is 5.11. The summed E-state index contributed by atoms with van der Waals surface area (Å²) in [7, 11) is 1.98. The summed E-state index contributed by atoms with van der Waals surface area (Å²) in [6.07, 6.45) is 1.11. The molecule has 3 rings (SSSR count). The molecule has 5 heteroatoms. The normalized spacial score (nSPS) is 17.2. The van der Waals surface area contributed by atoms with Gasteiger partial charge in [-0.05, 0) is 40.0 Å². The molecule has 0 amide bonds. The molecule has 19 heavy (non-hydrogen) atoms. The molecule has 1 aromatic heterocycles. The van der Waals surface area contributed by atoms with Crippen molar-refractivity contribution in [3.05, 3.63) is 28.4 Å². The summed E-state index contributed by atoms with van der Waals surface area (Å²) in [5.41, 5.74) is 2.57. The summed E-state index contributed by atoms with van der Waals surface area (Å²) in [4.78, 5) is 2.53. The van der Waals surface area contributed by atoms with E-state index in [0.717, 1.165) is 30.7 Å². The van der Waals surface area contributed by atoms with Gasteiger partial charge in [0.15, 0.2) is 0 Å². The van der Waals surface area contributed by atoms with Crippen molar-refractivity contribution in [2.45, 2.75) is 6.42 Å². The van der Waals surface area contributed by atoms with Crippen LogP contribution in [0.1, 0.15) is 5.56 Å². The monoisotopic (exact) mass is 322 g/mol. The first-order valence-electron chi connectivity index (χ1n) is 6.78. The summed E-state index contributed by atoms with van der Waals surface area (Å²) in [6.45, 7) is 5.71. The minimum atomic E-state index is 0.939. The average molecular weight is 323 g/mol. The Bertz CT molecular complexity index is 572. The Balaban J connectivity index is 1.72. The molecule has 0 unspecified atom stereocenters. The second-order valence-corrected chi connectivity index (χ2v) is 5.86. The van der Waals surface area contributed by atoms with Crippen molar-refractivity contribution in [2.75, 3.05) is 32.7 Å². The summed E-state index contributed by atoms with van der Waals surface area (Å²) in [5, 5.41) is 8.99. The van der Waals surface area contributed by atoms with Gasteiger partial charge in [0, 0.05) is 45.2 Å². The molecule has 1 fully saturated rings. The minimum absolute atomic E-state index is 0.939. The zero-order valence-corrected chi connectivity index (χ0v) is 12.8. The molecule has 0 aliphatic carbocycles. The number of piperazine rings is 1. The van der Waals surface area contributed by atoms with Crippen molar-refractivity contribution in [2.24, 2.45) is 7.05 Å². The Morgan fingerprint density at radius 1 is 1.32 bits per heavy atom. The van der Waals surface area contributed by atoms with Gasteiger partial charge in [-0.15, -0.1) is 0 Å². The van der Waals surface area contributed by atoms with Crippen molar-refractivity contribution >= 4 is 26.8 Å². The van der Waals surface area contributed by atoms with Gasteiger partial charge in [0.25, 0.3) is 0 Å². The smallest absolute Gasteiger partial charge is 0.135 e. The molecular weight excluding hydrogens is 304 g/mol. The largest absolute Gasteiger partial charge is 0.314 e. The molecule has 0 radical (unpaired) electrons. The topological polar surface area (TPSA) is 33.1 Å². The third-order valence-corrected chi connectivity index (χ3v) is 4.38. The van der Waals surface area contributed by atoms with Crippen molar-refractivity contribution in [1.82, 2.24) is 20.0 Å². The summed E-state index contributed by atoms with van der Waals surface area (Å²) in [6, 6.07) is 6.65. The fraction of sp³-hybridized carbons (Fsp3) is 0.500. The van der Waals surface area contributed by atoms with E-state index < -0.39 is 0 Å². The van der Waals surface area contributed by atoms with Gasteiger partial charge in [0.05, 0.1) is 5.52 Å². The van der Waals surface area contributed by atoms with E-state index in [9.17, 15) is 0 Å². The molecule has 1 aromatic carbocycles. The number of hydrogen-bond acceptors (Lipinski definition) is 3. The maximum absolute atomic E-state index is 4.40. The van der Waals surface area contributed by atoms with Crippen LogP contribution in [0.3, 0.4) is 0 Å². The number of rotatable bonds is 3. The van der Waals surface area contributed by atoms with Gasteiger partial charge in [-0.25, -0.2) is 0 Å². The zero-order chi connectivity index (χ0) is 13.2. The number of halogens is 1. The molecule has 4 nitrogen and oxygen atoms in total. The van der Waals surface area contributed by atoms with Crippen LogP contribution in [0.4, 0.5) is 0 Å². The highest BCUT2D eigenvalue weighted by atomic mass is 79.9. The molecule has 0 spiro atoms. The maximum atomic E-state index is 4.40. The van der Waals surface area contributed by atoms with Crippen LogP contribution < -0.4 is 5.32 Å². The van der Waals surface area contributed by atoms with E-state index in [2.05, 4.69) is 49.4 Å². The fourth-order valence-corrected chi connectivity index (χ4v) is 3.20. The van der Waals surface area contributed by atoms with Gasteiger partial charge in [0.1, 0.15) is 4.60 Å². The Labute approximate surface area is 121 Å². The third kappa shape index (κ3) is 2.83. The predicted molar refractivity (Wildman–Crippen MR) is 81.4 cm³/mol. The number of fused-ring (bicyclic) bond motifs is 1. The van der Waals surface area contributed by atoms with Gasteiger partial charge in [-0.2, -0.15) is 5.10 Å². The lowest BCUT2D eigenvalue weighted by Crippen LogP contribution is -2.44. The van der Waals surface area contributed by atoms with E-state index in [1.165, 1.54) is 29.6 Å². The van der Waals surface area contributed by atoms with Gasteiger partial charge in [-0.1, -0.05) is 6.07 Å². The Morgan fingerprint density at radius 2 is 2.11 bits per heavy atom. The summed E-state index contributed by atoms with van der Waals surface area (Å²) in [5.74, 6) is 0. The molecule has 1 aliphatic rings. The molecule has 0 bridgehead atoms. The second kappa shape index (κ2) is 5.61. The van der Waals surface area contributed by atoms with Crippen LogP contribution in [-0.2, 0) is 13.5 Å². The number of aryl methyl sites for hydroxylation is 1. The molecule has 0 atom stereocenters. The molecule has 2 heterocycles. The minimum Gasteiger partial charge on any atom is -0.314 e. The average Bonchev–Trinajstić information content (AvgIpc) is 2.73. The first kappa shape index (κ1) is 13.1. The standard InChI is InChI=1S/C14H19BrN4/c1-18-13-3-2-11(10-12(13)14(15)17-18)4-7-19-8-5-16-6-9-19/h2-3,10,16H,4-9H2,1H3. The van der Waals surface area contributed by atoms with E-state index in [4.69, 9.17) is 0 Å². The van der Waals surface area contributed by atoms with Crippen LogP contribution in [0.15, 0.2) is 22.8 Å². The van der Waals surface area contributed by atoms with Gasteiger partial charge in [0.2, 0.25) is 0 Å². The molecule has 1 saturated heterocycles. The van der Waals surface area contributed by atoms with Crippen LogP contribution in [0.25, 0.3) is 10.9 Å². The van der Waals surface area contributed by atoms with Crippen molar-refractivity contribution in [3.8, 4) is 0 Å². The van der Waals surface area contributed by atoms with Crippen molar-refractivity contribution < 1.29 is 0 Å². The van der Waals surface area contributed by atoms with Crippen molar-refractivity contribution in [3.63, 3.8) is 0 Å². The molecule has 1 N–H and O–H groups in total. The highest BCUT2D eigenvalue weighted by Gasteiger charge is 2.10. The Kier molecular flexibility index (Phi) is 3.86. The van der Waals surface area contributed by atoms with Crippen LogP contribution in [0, 0.1) is 0 Å². The lowest BCUT2D eigenvalue weighted by molar-refractivity contribution is 0.244. The van der Waals surface area contributed by atoms with E-state index >= 15 is 0 Å². The molecule has 1 aliphatic heterocycles. The number of nitrogens with zero attached hydrogens (tertiary/aromatic N) is 3.